The van der Waals surface area contributed by atoms with E-state index in [1.54, 1.807) is 6.92 Å². The minimum Gasteiger partial charge on any atom is -0.487 e. The molecule has 0 unspecified atom stereocenters. The van der Waals surface area contributed by atoms with Crippen molar-refractivity contribution in [2.75, 3.05) is 19.6 Å². The molecule has 0 bridgehead atoms. The van der Waals surface area contributed by atoms with Gasteiger partial charge in [0.05, 0.1) is 11.6 Å². The number of rotatable bonds is 1. The number of carbonyl (C=O) groups is 2. The van der Waals surface area contributed by atoms with Gasteiger partial charge in [-0.15, -0.1) is 0 Å². The molecule has 2 amide bonds. The Kier molecular flexibility index (Phi) is 7.35. The lowest BCUT2D eigenvalue weighted by atomic mass is 9.90. The van der Waals surface area contributed by atoms with E-state index in [4.69, 9.17) is 4.74 Å². The monoisotopic (exact) mass is 386 g/mol. The molecule has 1 saturated carbocycles. The van der Waals surface area contributed by atoms with Crippen molar-refractivity contribution in [1.82, 2.24) is 9.80 Å². The maximum absolute atomic E-state index is 13.2. The van der Waals surface area contributed by atoms with Gasteiger partial charge in [0.15, 0.2) is 0 Å². The quantitative estimate of drug-likeness (QED) is 0.724. The minimum atomic E-state index is -0.0513. The number of hydrogen-bond donors (Lipinski definition) is 0. The molecule has 0 saturated heterocycles. The Morgan fingerprint density at radius 1 is 1.04 bits per heavy atom. The largest absolute Gasteiger partial charge is 0.487 e. The van der Waals surface area contributed by atoms with Gasteiger partial charge in [0.1, 0.15) is 11.9 Å². The first kappa shape index (κ1) is 20.7. The summed E-state index contributed by atoms with van der Waals surface area (Å²) in [6, 6.07) is 7.69. The summed E-state index contributed by atoms with van der Waals surface area (Å²) in [5.41, 5.74) is 0.639. The van der Waals surface area contributed by atoms with Gasteiger partial charge in [-0.25, -0.2) is 0 Å². The molecule has 5 nitrogen and oxygen atoms in total. The van der Waals surface area contributed by atoms with Crippen molar-refractivity contribution in [3.05, 3.63) is 29.8 Å². The molecule has 1 aromatic rings. The van der Waals surface area contributed by atoms with E-state index in [9.17, 15) is 9.59 Å². The lowest BCUT2D eigenvalue weighted by Gasteiger charge is -2.40. The number of ether oxygens (including phenoxy) is 1. The van der Waals surface area contributed by atoms with E-state index >= 15 is 0 Å². The van der Waals surface area contributed by atoms with Crippen molar-refractivity contribution >= 4 is 11.8 Å². The third kappa shape index (κ3) is 4.86. The SMILES string of the molecule is CCN1CCCCCCN(C(C)=O)[C@@H]2CCCC[C@@H]2Oc2ccccc2C1=O. The van der Waals surface area contributed by atoms with E-state index < -0.39 is 0 Å². The fourth-order valence-electron chi connectivity index (χ4n) is 4.55. The zero-order chi connectivity index (χ0) is 19.9. The van der Waals surface area contributed by atoms with Gasteiger partial charge in [0, 0.05) is 26.6 Å². The van der Waals surface area contributed by atoms with Gasteiger partial charge in [-0.05, 0) is 51.2 Å². The molecule has 0 N–H and O–H groups in total. The van der Waals surface area contributed by atoms with Gasteiger partial charge < -0.3 is 14.5 Å². The smallest absolute Gasteiger partial charge is 0.257 e. The van der Waals surface area contributed by atoms with Crippen molar-refractivity contribution in [2.45, 2.75) is 77.4 Å². The summed E-state index contributed by atoms with van der Waals surface area (Å²) in [5.74, 6) is 0.837. The van der Waals surface area contributed by atoms with E-state index in [0.29, 0.717) is 17.9 Å². The van der Waals surface area contributed by atoms with Gasteiger partial charge in [-0.2, -0.15) is 0 Å². The molecule has 1 aliphatic heterocycles. The standard InChI is InChI=1S/C23H34N2O3/c1-3-24-16-10-4-5-11-17-25(18(2)26)20-13-7-9-15-22(20)28-21-14-8-6-12-19(21)23(24)27/h6,8,12,14,20,22H,3-5,7,9-11,13,15-17H2,1-2H3/t20-,22+/m1/s1. The van der Waals surface area contributed by atoms with Crippen LogP contribution in [0.25, 0.3) is 0 Å². The molecular weight excluding hydrogens is 352 g/mol. The molecule has 2 atom stereocenters. The highest BCUT2D eigenvalue weighted by atomic mass is 16.5. The Labute approximate surface area is 169 Å². The highest BCUT2D eigenvalue weighted by Gasteiger charge is 2.34. The molecule has 0 spiro atoms. The highest BCUT2D eigenvalue weighted by Crippen LogP contribution is 2.30. The summed E-state index contributed by atoms with van der Waals surface area (Å²) < 4.78 is 6.45. The van der Waals surface area contributed by atoms with Gasteiger partial charge in [-0.3, -0.25) is 9.59 Å². The van der Waals surface area contributed by atoms with Crippen LogP contribution in [0.1, 0.15) is 75.6 Å². The second-order valence-electron chi connectivity index (χ2n) is 8.02. The number of carbonyl (C=O) groups excluding carboxylic acids is 2. The normalized spacial score (nSPS) is 24.6. The number of amides is 2. The van der Waals surface area contributed by atoms with Crippen LogP contribution in [0.5, 0.6) is 5.75 Å². The summed E-state index contributed by atoms with van der Waals surface area (Å²) >= 11 is 0. The van der Waals surface area contributed by atoms with Crippen molar-refractivity contribution in [2.24, 2.45) is 0 Å². The number of fused-ring (bicyclic) bond motifs is 2. The molecule has 1 fully saturated rings. The van der Waals surface area contributed by atoms with Crippen LogP contribution in [0.4, 0.5) is 0 Å². The topological polar surface area (TPSA) is 49.9 Å². The summed E-state index contributed by atoms with van der Waals surface area (Å²) in [7, 11) is 0. The predicted octanol–water partition coefficient (Wildman–Crippen LogP) is 4.26. The number of nitrogens with zero attached hydrogens (tertiary/aromatic N) is 2. The summed E-state index contributed by atoms with van der Waals surface area (Å²) in [6.45, 7) is 5.99. The van der Waals surface area contributed by atoms with Crippen molar-refractivity contribution in [3.8, 4) is 5.75 Å². The van der Waals surface area contributed by atoms with Crippen LogP contribution in [-0.4, -0.2) is 53.4 Å². The fourth-order valence-corrected chi connectivity index (χ4v) is 4.55. The van der Waals surface area contributed by atoms with Gasteiger partial charge in [0.2, 0.25) is 5.91 Å². The molecule has 1 aromatic carbocycles. The van der Waals surface area contributed by atoms with Crippen LogP contribution in [-0.2, 0) is 4.79 Å². The molecule has 3 rings (SSSR count). The number of para-hydroxylation sites is 1. The van der Waals surface area contributed by atoms with Crippen LogP contribution in [0.2, 0.25) is 0 Å². The van der Waals surface area contributed by atoms with Crippen molar-refractivity contribution in [1.29, 1.82) is 0 Å². The average Bonchev–Trinajstić information content (AvgIpc) is 2.70. The van der Waals surface area contributed by atoms with E-state index in [2.05, 4.69) is 0 Å². The van der Waals surface area contributed by atoms with Crippen LogP contribution >= 0.6 is 0 Å². The first-order chi connectivity index (χ1) is 13.6. The van der Waals surface area contributed by atoms with Crippen LogP contribution in [0, 0.1) is 0 Å². The predicted molar refractivity (Wildman–Crippen MR) is 111 cm³/mol. The number of hydrogen-bond acceptors (Lipinski definition) is 3. The van der Waals surface area contributed by atoms with E-state index in [1.807, 2.05) is 41.0 Å². The zero-order valence-corrected chi connectivity index (χ0v) is 17.4. The molecule has 154 valence electrons. The third-order valence-corrected chi connectivity index (χ3v) is 6.11. The van der Waals surface area contributed by atoms with Gasteiger partial charge >= 0.3 is 0 Å². The molecule has 0 radical (unpaired) electrons. The molecule has 1 heterocycles. The van der Waals surface area contributed by atoms with Crippen LogP contribution < -0.4 is 4.74 Å². The Balaban J connectivity index is 1.93. The maximum atomic E-state index is 13.2. The van der Waals surface area contributed by atoms with E-state index in [1.165, 1.54) is 0 Å². The molecular formula is C23H34N2O3. The van der Waals surface area contributed by atoms with E-state index in [0.717, 1.165) is 64.5 Å². The summed E-state index contributed by atoms with van der Waals surface area (Å²) in [6.07, 6.45) is 8.25. The van der Waals surface area contributed by atoms with Crippen LogP contribution in [0.3, 0.4) is 0 Å². The highest BCUT2D eigenvalue weighted by molar-refractivity contribution is 5.97. The lowest BCUT2D eigenvalue weighted by molar-refractivity contribution is -0.134. The van der Waals surface area contributed by atoms with Gasteiger partial charge in [-0.1, -0.05) is 31.4 Å². The Morgan fingerprint density at radius 2 is 1.75 bits per heavy atom. The average molecular weight is 387 g/mol. The van der Waals surface area contributed by atoms with Crippen molar-refractivity contribution < 1.29 is 14.3 Å². The first-order valence-electron chi connectivity index (χ1n) is 10.9. The molecule has 0 aromatic heterocycles. The first-order valence-corrected chi connectivity index (χ1v) is 10.9. The Hall–Kier alpha value is -2.04. The Morgan fingerprint density at radius 3 is 2.50 bits per heavy atom. The summed E-state index contributed by atoms with van der Waals surface area (Å²) in [4.78, 5) is 29.5. The Bertz CT molecular complexity index is 676. The number of benzene rings is 1. The molecule has 5 heteroatoms. The zero-order valence-electron chi connectivity index (χ0n) is 17.4. The maximum Gasteiger partial charge on any atom is 0.257 e. The lowest BCUT2D eigenvalue weighted by Crippen LogP contribution is -2.50. The third-order valence-electron chi connectivity index (χ3n) is 6.11. The molecule has 2 aliphatic rings. The minimum absolute atomic E-state index is 0.0472. The summed E-state index contributed by atoms with van der Waals surface area (Å²) in [5, 5.41) is 0. The molecule has 28 heavy (non-hydrogen) atoms. The fraction of sp³-hybridized carbons (Fsp3) is 0.652. The van der Waals surface area contributed by atoms with Crippen molar-refractivity contribution in [3.63, 3.8) is 0 Å². The second kappa shape index (κ2) is 9.94. The second-order valence-corrected chi connectivity index (χ2v) is 8.02. The molecule has 1 aliphatic carbocycles. The van der Waals surface area contributed by atoms with E-state index in [-0.39, 0.29) is 24.0 Å². The van der Waals surface area contributed by atoms with Crippen LogP contribution in [0.15, 0.2) is 24.3 Å². The van der Waals surface area contributed by atoms with Gasteiger partial charge in [0.25, 0.3) is 5.91 Å².